The van der Waals surface area contributed by atoms with E-state index in [4.69, 9.17) is 4.74 Å². The van der Waals surface area contributed by atoms with Crippen molar-refractivity contribution in [1.82, 2.24) is 0 Å². The zero-order chi connectivity index (χ0) is 18.3. The Labute approximate surface area is 145 Å². The number of ketones is 2. The zero-order valence-electron chi connectivity index (χ0n) is 14.4. The van der Waals surface area contributed by atoms with E-state index >= 15 is 0 Å². The molecule has 2 fully saturated rings. The van der Waals surface area contributed by atoms with Crippen molar-refractivity contribution in [2.45, 2.75) is 56.8 Å². The van der Waals surface area contributed by atoms with Crippen LogP contribution in [0.1, 0.15) is 39.5 Å². The number of carbonyl (C=O) groups is 3. The minimum absolute atomic E-state index is 0.112. The second-order valence-electron chi connectivity index (χ2n) is 8.26. The fourth-order valence-corrected chi connectivity index (χ4v) is 5.27. The van der Waals surface area contributed by atoms with Gasteiger partial charge in [-0.3, -0.25) is 9.59 Å². The van der Waals surface area contributed by atoms with Gasteiger partial charge in [0.25, 0.3) is 0 Å². The van der Waals surface area contributed by atoms with Crippen molar-refractivity contribution in [3.05, 3.63) is 23.3 Å². The van der Waals surface area contributed by atoms with Gasteiger partial charge < -0.3 is 14.9 Å². The summed E-state index contributed by atoms with van der Waals surface area (Å²) in [5.41, 5.74) is -2.03. The van der Waals surface area contributed by atoms with E-state index in [2.05, 4.69) is 6.58 Å². The lowest BCUT2D eigenvalue weighted by Crippen LogP contribution is -2.55. The highest BCUT2D eigenvalue weighted by molar-refractivity contribution is 6.08. The largest absolute Gasteiger partial charge is 0.459 e. The third-order valence-electron chi connectivity index (χ3n) is 6.50. The minimum atomic E-state index is -1.93. The van der Waals surface area contributed by atoms with E-state index in [1.807, 2.05) is 0 Å². The van der Waals surface area contributed by atoms with Crippen LogP contribution < -0.4 is 0 Å². The molecule has 6 heteroatoms. The molecular weight excluding hydrogens is 324 g/mol. The van der Waals surface area contributed by atoms with Crippen LogP contribution in [0.25, 0.3) is 0 Å². The third-order valence-corrected chi connectivity index (χ3v) is 6.50. The number of hydrogen-bond donors (Lipinski definition) is 2. The number of ether oxygens (including phenoxy) is 1. The standard InChI is InChI=1S/C19H22O6/c1-8(2)9-4-10(20)6-11-12(5-9)19(24)14-13(25-17(19)22)7-18(3,23)15(14)16(11)21/h9,13-15,23-24H,1,4-7H2,2-3H3/t9-,13-,14-,15+,18+,19-/m1/s1. The average molecular weight is 346 g/mol. The molecule has 6 nitrogen and oxygen atoms in total. The summed E-state index contributed by atoms with van der Waals surface area (Å²) in [5, 5.41) is 22.1. The molecule has 0 aromatic carbocycles. The van der Waals surface area contributed by atoms with Gasteiger partial charge in [-0.05, 0) is 31.8 Å². The number of hydrogen-bond acceptors (Lipinski definition) is 6. The summed E-state index contributed by atoms with van der Waals surface area (Å²) in [4.78, 5) is 38.0. The third kappa shape index (κ3) is 2.01. The van der Waals surface area contributed by atoms with Crippen LogP contribution in [0.5, 0.6) is 0 Å². The minimum Gasteiger partial charge on any atom is -0.459 e. The molecule has 1 saturated carbocycles. The SMILES string of the molecule is C=C(C)[C@@H]1CC(=O)CC2=C(C1)[C@]1(O)C(=O)O[C@@H]3C[C@](C)(O)[C@H](C2=O)[C@@H]31. The number of allylic oxidation sites excluding steroid dienone is 2. The molecule has 6 atom stereocenters. The van der Waals surface area contributed by atoms with Gasteiger partial charge in [0.2, 0.25) is 0 Å². The summed E-state index contributed by atoms with van der Waals surface area (Å²) in [6.07, 6.45) is -0.211. The number of rotatable bonds is 1. The number of carbonyl (C=O) groups excluding carboxylic acids is 3. The number of fused-ring (bicyclic) bond motifs is 1. The Balaban J connectivity index is 1.93. The molecule has 4 aliphatic rings. The van der Waals surface area contributed by atoms with Gasteiger partial charge in [-0.25, -0.2) is 4.79 Å². The predicted molar refractivity (Wildman–Crippen MR) is 86.2 cm³/mol. The normalized spacial score (nSPS) is 45.8. The highest BCUT2D eigenvalue weighted by Gasteiger charge is 2.72. The lowest BCUT2D eigenvalue weighted by molar-refractivity contribution is -0.158. The molecule has 4 rings (SSSR count). The van der Waals surface area contributed by atoms with Crippen molar-refractivity contribution in [3.8, 4) is 0 Å². The van der Waals surface area contributed by atoms with Crippen LogP contribution in [-0.2, 0) is 19.1 Å². The molecule has 0 bridgehead atoms. The average Bonchev–Trinajstić information content (AvgIpc) is 2.80. The molecule has 0 radical (unpaired) electrons. The quantitative estimate of drug-likeness (QED) is 0.539. The van der Waals surface area contributed by atoms with Gasteiger partial charge in [-0.1, -0.05) is 12.2 Å². The zero-order valence-corrected chi connectivity index (χ0v) is 14.4. The van der Waals surface area contributed by atoms with Crippen LogP contribution in [-0.4, -0.2) is 45.1 Å². The van der Waals surface area contributed by atoms with Crippen LogP contribution in [0, 0.1) is 17.8 Å². The molecule has 2 N–H and O–H groups in total. The summed E-state index contributed by atoms with van der Waals surface area (Å²) in [6.45, 7) is 7.24. The second-order valence-corrected chi connectivity index (χ2v) is 8.26. The second kappa shape index (κ2) is 4.89. The van der Waals surface area contributed by atoms with Gasteiger partial charge in [0, 0.05) is 24.8 Å². The fourth-order valence-electron chi connectivity index (χ4n) is 5.27. The smallest absolute Gasteiger partial charge is 0.343 e. The van der Waals surface area contributed by atoms with E-state index in [0.717, 1.165) is 5.57 Å². The first kappa shape index (κ1) is 16.7. The lowest BCUT2D eigenvalue weighted by Gasteiger charge is -2.40. The Kier molecular flexibility index (Phi) is 3.26. The molecule has 25 heavy (non-hydrogen) atoms. The Bertz CT molecular complexity index is 760. The van der Waals surface area contributed by atoms with Crippen molar-refractivity contribution in [1.29, 1.82) is 0 Å². The van der Waals surface area contributed by atoms with Crippen LogP contribution in [0.15, 0.2) is 23.3 Å². The van der Waals surface area contributed by atoms with Crippen LogP contribution in [0.3, 0.4) is 0 Å². The van der Waals surface area contributed by atoms with E-state index in [-0.39, 0.29) is 48.7 Å². The Morgan fingerprint density at radius 3 is 2.56 bits per heavy atom. The molecule has 0 spiro atoms. The summed E-state index contributed by atoms with van der Waals surface area (Å²) in [5.74, 6) is -3.15. The highest BCUT2D eigenvalue weighted by Crippen LogP contribution is 2.59. The topological polar surface area (TPSA) is 101 Å². The molecule has 0 aromatic rings. The molecule has 1 aliphatic heterocycles. The van der Waals surface area contributed by atoms with Crippen molar-refractivity contribution in [2.24, 2.45) is 17.8 Å². The van der Waals surface area contributed by atoms with Crippen LogP contribution >= 0.6 is 0 Å². The maximum absolute atomic E-state index is 13.1. The Morgan fingerprint density at radius 2 is 1.92 bits per heavy atom. The molecule has 0 unspecified atom stereocenters. The van der Waals surface area contributed by atoms with Gasteiger partial charge in [0.05, 0.1) is 17.4 Å². The van der Waals surface area contributed by atoms with Crippen molar-refractivity contribution in [2.75, 3.05) is 0 Å². The molecule has 1 saturated heterocycles. The first-order chi connectivity index (χ1) is 11.6. The molecule has 1 heterocycles. The highest BCUT2D eigenvalue weighted by atomic mass is 16.6. The van der Waals surface area contributed by atoms with Gasteiger partial charge in [-0.2, -0.15) is 0 Å². The molecule has 3 aliphatic carbocycles. The maximum atomic E-state index is 13.1. The Morgan fingerprint density at radius 1 is 1.24 bits per heavy atom. The van der Waals surface area contributed by atoms with E-state index in [1.165, 1.54) is 6.92 Å². The lowest BCUT2D eigenvalue weighted by atomic mass is 9.63. The Hall–Kier alpha value is -1.79. The van der Waals surface area contributed by atoms with Crippen molar-refractivity contribution < 1.29 is 29.3 Å². The fraction of sp³-hybridized carbons (Fsp3) is 0.632. The van der Waals surface area contributed by atoms with Gasteiger partial charge in [0.15, 0.2) is 11.4 Å². The van der Waals surface area contributed by atoms with Gasteiger partial charge in [-0.15, -0.1) is 0 Å². The van der Waals surface area contributed by atoms with E-state index in [1.54, 1.807) is 6.92 Å². The summed E-state index contributed by atoms with van der Waals surface area (Å²) in [7, 11) is 0. The number of esters is 1. The molecule has 0 amide bonds. The van der Waals surface area contributed by atoms with E-state index in [0.29, 0.717) is 5.57 Å². The maximum Gasteiger partial charge on any atom is 0.343 e. The van der Waals surface area contributed by atoms with Crippen LogP contribution in [0.2, 0.25) is 0 Å². The summed E-state index contributed by atoms with van der Waals surface area (Å²) >= 11 is 0. The predicted octanol–water partition coefficient (Wildman–Crippen LogP) is 0.855. The van der Waals surface area contributed by atoms with Crippen LogP contribution in [0.4, 0.5) is 0 Å². The molecular formula is C19H22O6. The first-order valence-corrected chi connectivity index (χ1v) is 8.67. The first-order valence-electron chi connectivity index (χ1n) is 8.67. The van der Waals surface area contributed by atoms with E-state index in [9.17, 15) is 24.6 Å². The van der Waals surface area contributed by atoms with Crippen molar-refractivity contribution in [3.63, 3.8) is 0 Å². The monoisotopic (exact) mass is 346 g/mol. The van der Waals surface area contributed by atoms with Crippen molar-refractivity contribution >= 4 is 17.5 Å². The number of Topliss-reactive ketones (excluding diaryl/α,β-unsaturated/α-hetero) is 2. The summed E-state index contributed by atoms with van der Waals surface area (Å²) < 4.78 is 5.36. The molecule has 134 valence electrons. The summed E-state index contributed by atoms with van der Waals surface area (Å²) in [6, 6.07) is 0. The molecule has 0 aromatic heterocycles. The van der Waals surface area contributed by atoms with Gasteiger partial charge >= 0.3 is 5.97 Å². The van der Waals surface area contributed by atoms with Gasteiger partial charge in [0.1, 0.15) is 11.9 Å². The number of aliphatic hydroxyl groups is 2. The van der Waals surface area contributed by atoms with E-state index < -0.39 is 35.1 Å².